The minimum atomic E-state index is -0.0141. The Morgan fingerprint density at radius 1 is 1.12 bits per heavy atom. The summed E-state index contributed by atoms with van der Waals surface area (Å²) in [7, 11) is 0. The number of benzene rings is 2. The summed E-state index contributed by atoms with van der Waals surface area (Å²) in [6.07, 6.45) is 3.69. The zero-order valence-corrected chi connectivity index (χ0v) is 14.3. The van der Waals surface area contributed by atoms with E-state index in [4.69, 9.17) is 10.00 Å². The molecule has 0 aliphatic carbocycles. The smallest absolute Gasteiger partial charge is 0.224 e. The molecule has 0 radical (unpaired) electrons. The number of nitrogens with one attached hydrogen (secondary N) is 1. The molecule has 0 spiro atoms. The van der Waals surface area contributed by atoms with Gasteiger partial charge in [0.1, 0.15) is 5.75 Å². The Morgan fingerprint density at radius 2 is 2.04 bits per heavy atom. The molecule has 0 atom stereocenters. The van der Waals surface area contributed by atoms with Crippen molar-refractivity contribution in [3.63, 3.8) is 0 Å². The molecule has 1 aromatic heterocycles. The highest BCUT2D eigenvalue weighted by atomic mass is 16.5. The number of carbonyl (C=O) groups is 1. The van der Waals surface area contributed by atoms with Crippen LogP contribution < -0.4 is 10.1 Å². The third-order valence-corrected chi connectivity index (χ3v) is 3.92. The van der Waals surface area contributed by atoms with E-state index in [0.717, 1.165) is 29.4 Å². The summed E-state index contributed by atoms with van der Waals surface area (Å²) in [5.74, 6) is 0.665. The molecule has 5 heteroatoms. The van der Waals surface area contributed by atoms with E-state index in [-0.39, 0.29) is 5.91 Å². The summed E-state index contributed by atoms with van der Waals surface area (Å²) < 4.78 is 5.61. The first-order valence-corrected chi connectivity index (χ1v) is 8.52. The van der Waals surface area contributed by atoms with Gasteiger partial charge in [-0.1, -0.05) is 12.1 Å². The van der Waals surface area contributed by atoms with Crippen molar-refractivity contribution in [1.82, 2.24) is 4.98 Å². The maximum Gasteiger partial charge on any atom is 0.224 e. The first-order valence-electron chi connectivity index (χ1n) is 8.52. The molecule has 0 fully saturated rings. The molecule has 26 heavy (non-hydrogen) atoms. The Balaban J connectivity index is 1.40. The number of nitriles is 1. The number of hydrogen-bond donors (Lipinski definition) is 1. The maximum absolute atomic E-state index is 12.1. The second-order valence-corrected chi connectivity index (χ2v) is 5.90. The number of nitrogens with zero attached hydrogens (tertiary/aromatic N) is 2. The summed E-state index contributed by atoms with van der Waals surface area (Å²) in [5, 5.41) is 12.8. The molecule has 0 unspecified atom stereocenters. The van der Waals surface area contributed by atoms with Crippen molar-refractivity contribution in [3.05, 3.63) is 66.4 Å². The Labute approximate surface area is 152 Å². The molecule has 130 valence electrons. The quantitative estimate of drug-likeness (QED) is 0.648. The molecular weight excluding hydrogens is 326 g/mol. The second kappa shape index (κ2) is 8.63. The molecule has 0 saturated carbocycles. The number of hydrogen-bond acceptors (Lipinski definition) is 4. The van der Waals surface area contributed by atoms with Crippen LogP contribution in [-0.2, 0) is 4.79 Å². The van der Waals surface area contributed by atoms with Crippen molar-refractivity contribution in [1.29, 1.82) is 5.26 Å². The van der Waals surface area contributed by atoms with Crippen LogP contribution in [0.3, 0.4) is 0 Å². The largest absolute Gasteiger partial charge is 0.494 e. The standard InChI is InChI=1S/C21H19N3O2/c22-15-16-5-3-7-19(13-16)26-12-2-1-8-21(25)24-18-9-10-20-17(14-18)6-4-11-23-20/h3-7,9-11,13-14H,1-2,8,12H2,(H,24,25). The predicted octanol–water partition coefficient (Wildman–Crippen LogP) is 4.29. The van der Waals surface area contributed by atoms with Gasteiger partial charge in [-0.15, -0.1) is 0 Å². The van der Waals surface area contributed by atoms with Crippen molar-refractivity contribution >= 4 is 22.5 Å². The number of unbranched alkanes of at least 4 members (excludes halogenated alkanes) is 1. The van der Waals surface area contributed by atoms with Gasteiger partial charge in [0.2, 0.25) is 5.91 Å². The third-order valence-electron chi connectivity index (χ3n) is 3.92. The average molecular weight is 345 g/mol. The van der Waals surface area contributed by atoms with Crippen molar-refractivity contribution in [2.45, 2.75) is 19.3 Å². The van der Waals surface area contributed by atoms with Crippen molar-refractivity contribution in [3.8, 4) is 11.8 Å². The minimum Gasteiger partial charge on any atom is -0.494 e. The number of fused-ring (bicyclic) bond motifs is 1. The molecule has 1 amide bonds. The van der Waals surface area contributed by atoms with Crippen LogP contribution in [-0.4, -0.2) is 17.5 Å². The Bertz CT molecular complexity index is 947. The van der Waals surface area contributed by atoms with Crippen LogP contribution in [0, 0.1) is 11.3 Å². The molecular formula is C21H19N3O2. The van der Waals surface area contributed by atoms with E-state index in [0.29, 0.717) is 24.3 Å². The van der Waals surface area contributed by atoms with Gasteiger partial charge in [-0.3, -0.25) is 9.78 Å². The number of aromatic nitrogens is 1. The lowest BCUT2D eigenvalue weighted by molar-refractivity contribution is -0.116. The van der Waals surface area contributed by atoms with E-state index < -0.39 is 0 Å². The minimum absolute atomic E-state index is 0.0141. The Kier molecular flexibility index (Phi) is 5.79. The van der Waals surface area contributed by atoms with Gasteiger partial charge in [0, 0.05) is 23.7 Å². The lowest BCUT2D eigenvalue weighted by Crippen LogP contribution is -2.11. The number of anilines is 1. The van der Waals surface area contributed by atoms with Crippen LogP contribution in [0.25, 0.3) is 10.9 Å². The van der Waals surface area contributed by atoms with Gasteiger partial charge in [0.15, 0.2) is 0 Å². The van der Waals surface area contributed by atoms with E-state index in [1.54, 1.807) is 24.4 Å². The van der Waals surface area contributed by atoms with Crippen molar-refractivity contribution in [2.75, 3.05) is 11.9 Å². The monoisotopic (exact) mass is 345 g/mol. The highest BCUT2D eigenvalue weighted by molar-refractivity contribution is 5.93. The summed E-state index contributed by atoms with van der Waals surface area (Å²) >= 11 is 0. The van der Waals surface area contributed by atoms with E-state index in [1.165, 1.54) is 0 Å². The summed E-state index contributed by atoms with van der Waals surface area (Å²) in [6.45, 7) is 0.518. The molecule has 0 saturated heterocycles. The normalized spacial score (nSPS) is 10.3. The lowest BCUT2D eigenvalue weighted by Gasteiger charge is -2.08. The molecule has 0 bridgehead atoms. The van der Waals surface area contributed by atoms with E-state index in [9.17, 15) is 4.79 Å². The highest BCUT2D eigenvalue weighted by Crippen LogP contribution is 2.17. The van der Waals surface area contributed by atoms with Crippen molar-refractivity contribution < 1.29 is 9.53 Å². The molecule has 5 nitrogen and oxygen atoms in total. The van der Waals surface area contributed by atoms with Gasteiger partial charge < -0.3 is 10.1 Å². The first kappa shape index (κ1) is 17.4. The van der Waals surface area contributed by atoms with Gasteiger partial charge in [-0.05, 0) is 55.3 Å². The first-order chi connectivity index (χ1) is 12.7. The zero-order chi connectivity index (χ0) is 18.2. The number of amides is 1. The van der Waals surface area contributed by atoms with Crippen molar-refractivity contribution in [2.24, 2.45) is 0 Å². The number of carbonyl (C=O) groups excluding carboxylic acids is 1. The van der Waals surface area contributed by atoms with Gasteiger partial charge in [-0.2, -0.15) is 5.26 Å². The van der Waals surface area contributed by atoms with E-state index >= 15 is 0 Å². The summed E-state index contributed by atoms with van der Waals surface area (Å²) in [5.41, 5.74) is 2.26. The van der Waals surface area contributed by atoms with Crippen LogP contribution >= 0.6 is 0 Å². The summed E-state index contributed by atoms with van der Waals surface area (Å²) in [4.78, 5) is 16.3. The molecule has 2 aromatic carbocycles. The second-order valence-electron chi connectivity index (χ2n) is 5.90. The van der Waals surface area contributed by atoms with Crippen LogP contribution in [0.4, 0.5) is 5.69 Å². The molecule has 3 rings (SSSR count). The fourth-order valence-corrected chi connectivity index (χ4v) is 2.61. The zero-order valence-electron chi connectivity index (χ0n) is 14.3. The van der Waals surface area contributed by atoms with Gasteiger partial charge in [0.25, 0.3) is 0 Å². The highest BCUT2D eigenvalue weighted by Gasteiger charge is 2.04. The topological polar surface area (TPSA) is 75.0 Å². The fourth-order valence-electron chi connectivity index (χ4n) is 2.61. The molecule has 1 heterocycles. The maximum atomic E-state index is 12.1. The van der Waals surface area contributed by atoms with E-state index in [1.807, 2.05) is 36.4 Å². The average Bonchev–Trinajstić information content (AvgIpc) is 2.68. The van der Waals surface area contributed by atoms with Gasteiger partial charge in [-0.25, -0.2) is 0 Å². The molecule has 0 aliphatic heterocycles. The third kappa shape index (κ3) is 4.81. The fraction of sp³-hybridized carbons (Fsp3) is 0.190. The number of pyridine rings is 1. The van der Waals surface area contributed by atoms with Gasteiger partial charge in [0.05, 0.1) is 23.8 Å². The van der Waals surface area contributed by atoms with E-state index in [2.05, 4.69) is 16.4 Å². The summed E-state index contributed by atoms with van der Waals surface area (Å²) in [6, 6.07) is 18.7. The molecule has 1 N–H and O–H groups in total. The van der Waals surface area contributed by atoms with Crippen LogP contribution in [0.2, 0.25) is 0 Å². The lowest BCUT2D eigenvalue weighted by atomic mass is 10.2. The Hall–Kier alpha value is -3.39. The van der Waals surface area contributed by atoms with Crippen LogP contribution in [0.5, 0.6) is 5.75 Å². The number of rotatable bonds is 7. The predicted molar refractivity (Wildman–Crippen MR) is 101 cm³/mol. The SMILES string of the molecule is N#Cc1cccc(OCCCCC(=O)Nc2ccc3ncccc3c2)c1. The molecule has 3 aromatic rings. The number of ether oxygens (including phenoxy) is 1. The van der Waals surface area contributed by atoms with Crippen LogP contribution in [0.15, 0.2) is 60.8 Å². The Morgan fingerprint density at radius 3 is 2.92 bits per heavy atom. The molecule has 0 aliphatic rings. The van der Waals surface area contributed by atoms with Crippen LogP contribution in [0.1, 0.15) is 24.8 Å². The van der Waals surface area contributed by atoms with Gasteiger partial charge >= 0.3 is 0 Å².